The molecule has 1 N–H and O–H groups in total. The summed E-state index contributed by atoms with van der Waals surface area (Å²) in [5.41, 5.74) is 1.35. The van der Waals surface area contributed by atoms with Gasteiger partial charge in [-0.2, -0.15) is 0 Å². The molecule has 0 radical (unpaired) electrons. The van der Waals surface area contributed by atoms with Crippen LogP contribution in [-0.2, 0) is 11.3 Å². The highest BCUT2D eigenvalue weighted by molar-refractivity contribution is 8.00. The molecule has 150 valence electrons. The number of anilines is 1. The molecule has 8 heteroatoms. The quantitative estimate of drug-likeness (QED) is 0.574. The second-order valence-corrected chi connectivity index (χ2v) is 8.37. The van der Waals surface area contributed by atoms with Gasteiger partial charge < -0.3 is 9.88 Å². The summed E-state index contributed by atoms with van der Waals surface area (Å²) in [6.45, 7) is 2.39. The van der Waals surface area contributed by atoms with Gasteiger partial charge >= 0.3 is 0 Å². The first-order valence-electron chi connectivity index (χ1n) is 9.41. The van der Waals surface area contributed by atoms with Crippen LogP contribution in [0.1, 0.15) is 37.1 Å². The lowest BCUT2D eigenvalue weighted by Gasteiger charge is -2.14. The van der Waals surface area contributed by atoms with E-state index >= 15 is 0 Å². The molecule has 1 aliphatic rings. The van der Waals surface area contributed by atoms with Crippen LogP contribution in [-0.4, -0.2) is 25.9 Å². The number of carbonyl (C=O) groups is 1. The molecule has 0 bridgehead atoms. The van der Waals surface area contributed by atoms with Crippen molar-refractivity contribution in [2.45, 2.75) is 42.6 Å². The van der Waals surface area contributed by atoms with E-state index in [4.69, 9.17) is 0 Å². The Morgan fingerprint density at radius 2 is 1.93 bits per heavy atom. The van der Waals surface area contributed by atoms with Crippen molar-refractivity contribution in [2.24, 2.45) is 0 Å². The van der Waals surface area contributed by atoms with Crippen molar-refractivity contribution in [1.82, 2.24) is 14.8 Å². The zero-order valence-corrected chi connectivity index (χ0v) is 16.6. The molecule has 1 saturated carbocycles. The van der Waals surface area contributed by atoms with Gasteiger partial charge in [0, 0.05) is 17.7 Å². The molecule has 1 atom stereocenters. The fourth-order valence-electron chi connectivity index (χ4n) is 2.97. The summed E-state index contributed by atoms with van der Waals surface area (Å²) in [5.74, 6) is -0.897. The number of thioether (sulfide) groups is 1. The second kappa shape index (κ2) is 8.32. The summed E-state index contributed by atoms with van der Waals surface area (Å²) >= 11 is 1.30. The van der Waals surface area contributed by atoms with Gasteiger partial charge in [-0.15, -0.1) is 10.2 Å². The van der Waals surface area contributed by atoms with Crippen LogP contribution in [0, 0.1) is 11.6 Å². The third kappa shape index (κ3) is 4.64. The first-order valence-corrected chi connectivity index (χ1v) is 10.3. The Labute approximate surface area is 171 Å². The number of hydrogen-bond donors (Lipinski definition) is 1. The number of carbonyl (C=O) groups excluding carboxylic acids is 1. The van der Waals surface area contributed by atoms with Crippen molar-refractivity contribution >= 4 is 23.4 Å². The average Bonchev–Trinajstić information content (AvgIpc) is 3.49. The monoisotopic (exact) mass is 414 g/mol. The van der Waals surface area contributed by atoms with Crippen molar-refractivity contribution in [3.05, 3.63) is 71.6 Å². The van der Waals surface area contributed by atoms with E-state index in [0.717, 1.165) is 36.4 Å². The van der Waals surface area contributed by atoms with E-state index in [9.17, 15) is 13.6 Å². The zero-order valence-electron chi connectivity index (χ0n) is 15.8. The summed E-state index contributed by atoms with van der Waals surface area (Å²) in [5, 5.41) is 11.5. The summed E-state index contributed by atoms with van der Waals surface area (Å²) in [6.07, 6.45) is 2.20. The first kappa shape index (κ1) is 19.6. The smallest absolute Gasteiger partial charge is 0.237 e. The van der Waals surface area contributed by atoms with E-state index in [0.29, 0.717) is 17.6 Å². The summed E-state index contributed by atoms with van der Waals surface area (Å²) in [7, 11) is 0. The normalized spacial score (nSPS) is 14.6. The second-order valence-electron chi connectivity index (χ2n) is 7.07. The van der Waals surface area contributed by atoms with Gasteiger partial charge in [0.05, 0.1) is 11.8 Å². The maximum Gasteiger partial charge on any atom is 0.237 e. The molecule has 1 aromatic heterocycles. The molecule has 0 aliphatic heterocycles. The molecule has 1 aliphatic carbocycles. The van der Waals surface area contributed by atoms with Gasteiger partial charge in [-0.1, -0.05) is 42.1 Å². The summed E-state index contributed by atoms with van der Waals surface area (Å²) < 4.78 is 28.5. The molecule has 1 unspecified atom stereocenters. The highest BCUT2D eigenvalue weighted by Gasteiger charge is 2.31. The Kier molecular flexibility index (Phi) is 5.62. The molecule has 0 saturated heterocycles. The Morgan fingerprint density at radius 1 is 1.17 bits per heavy atom. The zero-order chi connectivity index (χ0) is 20.4. The van der Waals surface area contributed by atoms with Gasteiger partial charge in [-0.05, 0) is 37.5 Å². The lowest BCUT2D eigenvalue weighted by molar-refractivity contribution is -0.115. The molecular weight excluding hydrogens is 394 g/mol. The van der Waals surface area contributed by atoms with Crippen LogP contribution in [0.2, 0.25) is 0 Å². The Morgan fingerprint density at radius 3 is 2.62 bits per heavy atom. The molecule has 0 spiro atoms. The number of nitrogens with one attached hydrogen (secondary N) is 1. The van der Waals surface area contributed by atoms with Crippen molar-refractivity contribution in [2.75, 3.05) is 5.32 Å². The van der Waals surface area contributed by atoms with Crippen LogP contribution in [0.4, 0.5) is 14.5 Å². The van der Waals surface area contributed by atoms with Crippen LogP contribution in [0.25, 0.3) is 0 Å². The molecule has 29 heavy (non-hydrogen) atoms. The Balaban J connectivity index is 1.49. The van der Waals surface area contributed by atoms with E-state index < -0.39 is 16.9 Å². The molecule has 5 nitrogen and oxygen atoms in total. The minimum atomic E-state index is -1.00. The van der Waals surface area contributed by atoms with E-state index in [1.165, 1.54) is 17.8 Å². The van der Waals surface area contributed by atoms with Gasteiger partial charge in [-0.25, -0.2) is 8.78 Å². The minimum Gasteiger partial charge on any atom is -0.325 e. The van der Waals surface area contributed by atoms with Crippen LogP contribution in [0.15, 0.2) is 53.7 Å². The SMILES string of the molecule is CC(Sc1nnc(C2CC2)n1Cc1ccccc1)C(=O)Nc1ccc(F)c(F)c1. The summed E-state index contributed by atoms with van der Waals surface area (Å²) in [4.78, 5) is 12.5. The predicted octanol–water partition coefficient (Wildman–Crippen LogP) is 4.60. The fourth-order valence-corrected chi connectivity index (χ4v) is 3.83. The number of halogens is 2. The Bertz CT molecular complexity index is 1020. The highest BCUT2D eigenvalue weighted by atomic mass is 32.2. The molecule has 1 fully saturated rings. The van der Waals surface area contributed by atoms with Crippen molar-refractivity contribution < 1.29 is 13.6 Å². The molecular formula is C21H20F2N4OS. The van der Waals surface area contributed by atoms with E-state index in [2.05, 4.69) is 20.1 Å². The first-order chi connectivity index (χ1) is 14.0. The standard InChI is InChI=1S/C21H20F2N4OS/c1-13(20(28)24-16-9-10-17(22)18(23)11-16)29-21-26-25-19(15-7-8-15)27(21)12-14-5-3-2-4-6-14/h2-6,9-11,13,15H,7-8,12H2,1H3,(H,24,28). The van der Waals surface area contributed by atoms with Crippen molar-refractivity contribution in [1.29, 1.82) is 0 Å². The lowest BCUT2D eigenvalue weighted by Crippen LogP contribution is -2.23. The van der Waals surface area contributed by atoms with Gasteiger partial charge in [0.25, 0.3) is 0 Å². The van der Waals surface area contributed by atoms with E-state index in [1.807, 2.05) is 30.3 Å². The number of nitrogens with zero attached hydrogens (tertiary/aromatic N) is 3. The minimum absolute atomic E-state index is 0.214. The maximum atomic E-state index is 13.4. The third-order valence-electron chi connectivity index (χ3n) is 4.71. The molecule has 1 heterocycles. The van der Waals surface area contributed by atoms with E-state index in [-0.39, 0.29) is 11.6 Å². The number of hydrogen-bond acceptors (Lipinski definition) is 4. The van der Waals surface area contributed by atoms with Gasteiger partial charge in [0.2, 0.25) is 5.91 Å². The van der Waals surface area contributed by atoms with Gasteiger partial charge in [0.1, 0.15) is 5.82 Å². The molecule has 3 aromatic rings. The van der Waals surface area contributed by atoms with Crippen LogP contribution in [0.5, 0.6) is 0 Å². The van der Waals surface area contributed by atoms with Gasteiger partial charge in [0.15, 0.2) is 16.8 Å². The van der Waals surface area contributed by atoms with Crippen molar-refractivity contribution in [3.63, 3.8) is 0 Å². The fraction of sp³-hybridized carbons (Fsp3) is 0.286. The molecule has 2 aromatic carbocycles. The van der Waals surface area contributed by atoms with Crippen molar-refractivity contribution in [3.8, 4) is 0 Å². The topological polar surface area (TPSA) is 59.8 Å². The predicted molar refractivity (Wildman–Crippen MR) is 108 cm³/mol. The van der Waals surface area contributed by atoms with E-state index in [1.54, 1.807) is 6.92 Å². The molecule has 1 amide bonds. The maximum absolute atomic E-state index is 13.4. The summed E-state index contributed by atoms with van der Waals surface area (Å²) in [6, 6.07) is 13.3. The third-order valence-corrected chi connectivity index (χ3v) is 5.79. The van der Waals surface area contributed by atoms with Crippen LogP contribution in [0.3, 0.4) is 0 Å². The lowest BCUT2D eigenvalue weighted by atomic mass is 10.2. The Hall–Kier alpha value is -2.74. The number of aromatic nitrogens is 3. The average molecular weight is 414 g/mol. The van der Waals surface area contributed by atoms with Crippen LogP contribution < -0.4 is 5.32 Å². The number of amides is 1. The number of benzene rings is 2. The number of rotatable bonds is 7. The largest absolute Gasteiger partial charge is 0.325 e. The van der Waals surface area contributed by atoms with Crippen LogP contribution >= 0.6 is 11.8 Å². The van der Waals surface area contributed by atoms with Gasteiger partial charge in [-0.3, -0.25) is 4.79 Å². The molecule has 4 rings (SSSR count). The highest BCUT2D eigenvalue weighted by Crippen LogP contribution is 2.40.